The van der Waals surface area contributed by atoms with Gasteiger partial charge in [0.1, 0.15) is 0 Å². The number of hydrogen-bond acceptors (Lipinski definition) is 3. The molecule has 0 saturated carbocycles. The number of benzene rings is 1. The molecule has 1 atom stereocenters. The first-order chi connectivity index (χ1) is 7.65. The fourth-order valence-electron chi connectivity index (χ4n) is 1.32. The first kappa shape index (κ1) is 13.7. The van der Waals surface area contributed by atoms with Crippen molar-refractivity contribution in [3.8, 4) is 0 Å². The zero-order chi connectivity index (χ0) is 12.0. The molecule has 1 aromatic carbocycles. The highest BCUT2D eigenvalue weighted by atomic mass is 35.5. The average molecular weight is 264 g/mol. The van der Waals surface area contributed by atoms with E-state index in [1.807, 2.05) is 0 Å². The van der Waals surface area contributed by atoms with Crippen LogP contribution in [0.1, 0.15) is 18.1 Å². The van der Waals surface area contributed by atoms with E-state index in [9.17, 15) is 5.11 Å². The molecule has 1 aromatic rings. The maximum Gasteiger partial charge on any atom is 0.0928 e. The SMILES string of the molecule is OCCCNCC(O)c1ccc(Cl)cc1Cl. The van der Waals surface area contributed by atoms with E-state index < -0.39 is 6.10 Å². The summed E-state index contributed by atoms with van der Waals surface area (Å²) in [6, 6.07) is 5.01. The Kier molecular flexibility index (Phi) is 6.09. The van der Waals surface area contributed by atoms with Gasteiger partial charge in [0, 0.05) is 28.8 Å². The van der Waals surface area contributed by atoms with Gasteiger partial charge in [-0.2, -0.15) is 0 Å². The molecule has 0 saturated heterocycles. The average Bonchev–Trinajstić information content (AvgIpc) is 2.24. The van der Waals surface area contributed by atoms with E-state index in [0.717, 1.165) is 0 Å². The molecule has 0 aliphatic rings. The second-order valence-corrected chi connectivity index (χ2v) is 4.31. The molecule has 5 heteroatoms. The topological polar surface area (TPSA) is 52.5 Å². The highest BCUT2D eigenvalue weighted by molar-refractivity contribution is 6.35. The van der Waals surface area contributed by atoms with Gasteiger partial charge in [0.15, 0.2) is 0 Å². The lowest BCUT2D eigenvalue weighted by Gasteiger charge is -2.13. The van der Waals surface area contributed by atoms with E-state index in [-0.39, 0.29) is 6.61 Å². The third kappa shape index (κ3) is 4.28. The number of hydrogen-bond donors (Lipinski definition) is 3. The van der Waals surface area contributed by atoms with Crippen molar-refractivity contribution < 1.29 is 10.2 Å². The number of aliphatic hydroxyl groups is 2. The van der Waals surface area contributed by atoms with Crippen LogP contribution in [0.4, 0.5) is 0 Å². The molecule has 3 nitrogen and oxygen atoms in total. The molecule has 3 N–H and O–H groups in total. The minimum absolute atomic E-state index is 0.144. The molecule has 1 unspecified atom stereocenters. The van der Waals surface area contributed by atoms with E-state index >= 15 is 0 Å². The molecule has 0 spiro atoms. The van der Waals surface area contributed by atoms with Crippen LogP contribution in [-0.4, -0.2) is 29.9 Å². The van der Waals surface area contributed by atoms with E-state index in [2.05, 4.69) is 5.32 Å². The Labute approximate surface area is 105 Å². The predicted octanol–water partition coefficient (Wildman–Crippen LogP) is 2.00. The van der Waals surface area contributed by atoms with E-state index in [1.54, 1.807) is 18.2 Å². The smallest absolute Gasteiger partial charge is 0.0928 e. The standard InChI is InChI=1S/C11H15Cl2NO2/c12-8-2-3-9(10(13)6-8)11(16)7-14-4-1-5-15/h2-3,6,11,14-16H,1,4-5,7H2. The lowest BCUT2D eigenvalue weighted by Crippen LogP contribution is -2.23. The summed E-state index contributed by atoms with van der Waals surface area (Å²) in [6.07, 6.45) is 0.00426. The van der Waals surface area contributed by atoms with Crippen molar-refractivity contribution in [1.82, 2.24) is 5.32 Å². The van der Waals surface area contributed by atoms with Gasteiger partial charge in [0.2, 0.25) is 0 Å². The maximum absolute atomic E-state index is 9.84. The van der Waals surface area contributed by atoms with E-state index in [4.69, 9.17) is 28.3 Å². The minimum atomic E-state index is -0.663. The Bertz CT molecular complexity index is 334. The van der Waals surface area contributed by atoms with Crippen molar-refractivity contribution in [3.63, 3.8) is 0 Å². The van der Waals surface area contributed by atoms with Crippen molar-refractivity contribution in [2.75, 3.05) is 19.7 Å². The lowest BCUT2D eigenvalue weighted by atomic mass is 10.1. The molecule has 0 aromatic heterocycles. The van der Waals surface area contributed by atoms with Gasteiger partial charge in [-0.3, -0.25) is 0 Å². The van der Waals surface area contributed by atoms with Crippen molar-refractivity contribution in [1.29, 1.82) is 0 Å². The van der Waals surface area contributed by atoms with E-state index in [1.165, 1.54) is 0 Å². The van der Waals surface area contributed by atoms with Gasteiger partial charge in [-0.25, -0.2) is 0 Å². The van der Waals surface area contributed by atoms with Crippen LogP contribution >= 0.6 is 23.2 Å². The molecule has 1 rings (SSSR count). The summed E-state index contributed by atoms with van der Waals surface area (Å²) in [4.78, 5) is 0. The number of rotatable bonds is 6. The Hall–Kier alpha value is -0.320. The Balaban J connectivity index is 2.49. The van der Waals surface area contributed by atoms with Gasteiger partial charge in [0.05, 0.1) is 6.10 Å². The largest absolute Gasteiger partial charge is 0.396 e. The van der Waals surface area contributed by atoms with Gasteiger partial charge in [-0.05, 0) is 25.1 Å². The summed E-state index contributed by atoms with van der Waals surface area (Å²) in [5, 5.41) is 22.5. The Morgan fingerprint density at radius 2 is 2.06 bits per heavy atom. The number of aliphatic hydroxyl groups excluding tert-OH is 2. The first-order valence-electron chi connectivity index (χ1n) is 5.09. The highest BCUT2D eigenvalue weighted by Gasteiger charge is 2.11. The molecule has 0 aliphatic heterocycles. The van der Waals surface area contributed by atoms with Crippen LogP contribution in [0.5, 0.6) is 0 Å². The van der Waals surface area contributed by atoms with Gasteiger partial charge in [-0.15, -0.1) is 0 Å². The zero-order valence-corrected chi connectivity index (χ0v) is 10.3. The lowest BCUT2D eigenvalue weighted by molar-refractivity contribution is 0.173. The fourth-order valence-corrected chi connectivity index (χ4v) is 1.86. The Morgan fingerprint density at radius 1 is 1.31 bits per heavy atom. The molecule has 16 heavy (non-hydrogen) atoms. The van der Waals surface area contributed by atoms with Crippen LogP contribution in [0.15, 0.2) is 18.2 Å². The van der Waals surface area contributed by atoms with Crippen LogP contribution in [0.25, 0.3) is 0 Å². The molecule has 0 bridgehead atoms. The summed E-state index contributed by atoms with van der Waals surface area (Å²) in [5.74, 6) is 0. The van der Waals surface area contributed by atoms with Gasteiger partial charge in [-0.1, -0.05) is 29.3 Å². The molecular weight excluding hydrogens is 249 g/mol. The molecule has 0 radical (unpaired) electrons. The van der Waals surface area contributed by atoms with Gasteiger partial charge in [0.25, 0.3) is 0 Å². The van der Waals surface area contributed by atoms with Gasteiger partial charge < -0.3 is 15.5 Å². The monoisotopic (exact) mass is 263 g/mol. The Morgan fingerprint density at radius 3 is 2.69 bits per heavy atom. The van der Waals surface area contributed by atoms with Crippen molar-refractivity contribution >= 4 is 23.2 Å². The molecule has 0 heterocycles. The van der Waals surface area contributed by atoms with Crippen LogP contribution in [0.3, 0.4) is 0 Å². The van der Waals surface area contributed by atoms with Crippen LogP contribution in [-0.2, 0) is 0 Å². The predicted molar refractivity (Wildman–Crippen MR) is 66.0 cm³/mol. The second kappa shape index (κ2) is 7.09. The molecule has 90 valence electrons. The molecule has 0 amide bonds. The van der Waals surface area contributed by atoms with Crippen LogP contribution in [0, 0.1) is 0 Å². The normalized spacial score (nSPS) is 12.8. The van der Waals surface area contributed by atoms with Gasteiger partial charge >= 0.3 is 0 Å². The van der Waals surface area contributed by atoms with Crippen LogP contribution in [0.2, 0.25) is 10.0 Å². The summed E-state index contributed by atoms with van der Waals surface area (Å²) < 4.78 is 0. The summed E-state index contributed by atoms with van der Waals surface area (Å²) in [6.45, 7) is 1.21. The molecular formula is C11H15Cl2NO2. The van der Waals surface area contributed by atoms with Crippen LogP contribution < -0.4 is 5.32 Å². The molecule has 0 fully saturated rings. The summed E-state index contributed by atoms with van der Waals surface area (Å²) in [5.41, 5.74) is 0.655. The van der Waals surface area contributed by atoms with E-state index in [0.29, 0.717) is 35.1 Å². The number of halogens is 2. The highest BCUT2D eigenvalue weighted by Crippen LogP contribution is 2.25. The summed E-state index contributed by atoms with van der Waals surface area (Å²) in [7, 11) is 0. The molecule has 0 aliphatic carbocycles. The third-order valence-corrected chi connectivity index (χ3v) is 2.73. The minimum Gasteiger partial charge on any atom is -0.396 e. The van der Waals surface area contributed by atoms with Crippen molar-refractivity contribution in [2.45, 2.75) is 12.5 Å². The zero-order valence-electron chi connectivity index (χ0n) is 8.79. The second-order valence-electron chi connectivity index (χ2n) is 3.46. The quantitative estimate of drug-likeness (QED) is 0.689. The van der Waals surface area contributed by atoms with Crippen molar-refractivity contribution in [2.24, 2.45) is 0 Å². The first-order valence-corrected chi connectivity index (χ1v) is 5.85. The third-order valence-electron chi connectivity index (χ3n) is 2.17. The number of nitrogens with one attached hydrogen (secondary N) is 1. The maximum atomic E-state index is 9.84. The summed E-state index contributed by atoms with van der Waals surface area (Å²) >= 11 is 11.7. The fraction of sp³-hybridized carbons (Fsp3) is 0.455. The van der Waals surface area contributed by atoms with Crippen molar-refractivity contribution in [3.05, 3.63) is 33.8 Å².